The zero-order chi connectivity index (χ0) is 32.9. The Hall–Kier alpha value is -4.48. The molecule has 1 aliphatic rings. The lowest BCUT2D eigenvalue weighted by Gasteiger charge is -2.29. The van der Waals surface area contributed by atoms with Crippen molar-refractivity contribution in [1.82, 2.24) is 0 Å². The Bertz CT molecular complexity index is 1760. The summed E-state index contributed by atoms with van der Waals surface area (Å²) in [5.74, 6) is -3.88. The number of aliphatic carboxylic acids is 1. The molecule has 1 saturated heterocycles. The van der Waals surface area contributed by atoms with E-state index in [0.717, 1.165) is 0 Å². The quantitative estimate of drug-likeness (QED) is 0.162. The van der Waals surface area contributed by atoms with E-state index in [4.69, 9.17) is 26.2 Å². The highest BCUT2D eigenvalue weighted by Gasteiger charge is 2.38. The lowest BCUT2D eigenvalue weighted by Crippen LogP contribution is -2.42. The van der Waals surface area contributed by atoms with Crippen molar-refractivity contribution in [2.45, 2.75) is 29.3 Å². The van der Waals surface area contributed by atoms with Crippen molar-refractivity contribution in [2.24, 2.45) is 16.8 Å². The van der Waals surface area contributed by atoms with Gasteiger partial charge in [0.15, 0.2) is 9.84 Å². The largest absolute Gasteiger partial charge is 0.490 e. The van der Waals surface area contributed by atoms with E-state index in [1.165, 1.54) is 6.07 Å². The summed E-state index contributed by atoms with van der Waals surface area (Å²) in [5, 5.41) is 24.9. The zero-order valence-corrected chi connectivity index (χ0v) is 24.3. The van der Waals surface area contributed by atoms with Gasteiger partial charge in [0.05, 0.1) is 10.6 Å². The van der Waals surface area contributed by atoms with Crippen LogP contribution in [-0.4, -0.2) is 57.0 Å². The average Bonchev–Trinajstić information content (AvgIpc) is 2.94. The van der Waals surface area contributed by atoms with Crippen LogP contribution in [-0.2, 0) is 29.4 Å². The summed E-state index contributed by atoms with van der Waals surface area (Å²) in [6, 6.07) is 19.6. The predicted molar refractivity (Wildman–Crippen MR) is 157 cm³/mol. The van der Waals surface area contributed by atoms with Gasteiger partial charge in [0.1, 0.15) is 11.2 Å². The van der Waals surface area contributed by atoms with E-state index in [1.54, 1.807) is 66.7 Å². The molecule has 236 valence electrons. The highest BCUT2D eigenvalue weighted by Crippen LogP contribution is 2.30. The van der Waals surface area contributed by atoms with Crippen molar-refractivity contribution in [1.29, 1.82) is 5.41 Å². The number of alkyl halides is 3. The summed E-state index contributed by atoms with van der Waals surface area (Å²) >= 11 is 0. The van der Waals surface area contributed by atoms with Gasteiger partial charge >= 0.3 is 12.1 Å². The molecule has 4 rings (SSSR count). The van der Waals surface area contributed by atoms with E-state index in [1.807, 2.05) is 0 Å². The smallest absolute Gasteiger partial charge is 0.475 e. The van der Waals surface area contributed by atoms with Crippen LogP contribution < -0.4 is 21.5 Å². The number of sulfone groups is 1. The highest BCUT2D eigenvalue weighted by atomic mass is 32.2. The van der Waals surface area contributed by atoms with Gasteiger partial charge in [0, 0.05) is 28.4 Å². The van der Waals surface area contributed by atoms with Crippen LogP contribution >= 0.6 is 0 Å². The third kappa shape index (κ3) is 9.01. The Labute approximate surface area is 250 Å². The molecular weight excluding hydrogens is 627 g/mol. The number of benzene rings is 3. The van der Waals surface area contributed by atoms with Crippen LogP contribution in [0.3, 0.4) is 0 Å². The van der Waals surface area contributed by atoms with Gasteiger partial charge in [-0.15, -0.1) is 0 Å². The van der Waals surface area contributed by atoms with Gasteiger partial charge in [-0.05, 0) is 48.7 Å². The molecule has 0 aromatic heterocycles. The van der Waals surface area contributed by atoms with Crippen molar-refractivity contribution < 1.29 is 44.7 Å². The molecule has 0 saturated carbocycles. The third-order valence-corrected chi connectivity index (χ3v) is 9.41. The number of carboxylic acids is 1. The number of carboxylic acid groups (broad SMARTS) is 1. The molecule has 1 aliphatic heterocycles. The van der Waals surface area contributed by atoms with E-state index in [2.05, 4.69) is 10.6 Å². The monoisotopic (exact) mass is 655 g/mol. The molecule has 44 heavy (non-hydrogen) atoms. The Morgan fingerprint density at radius 3 is 2.16 bits per heavy atom. The minimum absolute atomic E-state index is 0.00239. The number of rotatable bonds is 7. The number of nitrogens with one attached hydrogen (secondary N) is 3. The number of nitrogen functional groups attached to an aromatic ring is 1. The molecule has 17 heteroatoms. The highest BCUT2D eigenvalue weighted by molar-refractivity contribution is 7.92. The number of halogens is 3. The van der Waals surface area contributed by atoms with Crippen LogP contribution in [0.25, 0.3) is 11.1 Å². The Balaban J connectivity index is 0.000000676. The normalized spacial score (nSPS) is 17.8. The molecule has 2 unspecified atom stereocenters. The van der Waals surface area contributed by atoms with Gasteiger partial charge in [-0.1, -0.05) is 42.5 Å². The maximum Gasteiger partial charge on any atom is 0.490 e. The number of nitrogens with two attached hydrogens (primary N) is 2. The maximum atomic E-state index is 13.0. The van der Waals surface area contributed by atoms with Gasteiger partial charge in [-0.2, -0.15) is 13.2 Å². The second-order valence-corrected chi connectivity index (χ2v) is 13.5. The lowest BCUT2D eigenvalue weighted by atomic mass is 10.00. The first-order chi connectivity index (χ1) is 20.4. The minimum Gasteiger partial charge on any atom is -0.475 e. The standard InChI is InChI=1S/C25H27N5O5S2.C2HF3O2/c26-24(27)17-4-3-5-20(14-17)29-23-15-18(12-13-36(23,32)33)25(31)30-19-10-8-16(9-11-19)21-6-1-2-7-22(21)37(28,34)35;3-2(4,5)1(6)7/h1-11,14,18,23,29H,12-13,15H2,(H3,26,27)(H,30,31)(H2,28,34,35);(H,6,7). The third-order valence-electron chi connectivity index (χ3n) is 6.45. The second kappa shape index (κ2) is 13.4. The van der Waals surface area contributed by atoms with E-state index in [9.17, 15) is 34.8 Å². The number of hydrogen-bond acceptors (Lipinski definition) is 8. The van der Waals surface area contributed by atoms with E-state index in [0.29, 0.717) is 28.1 Å². The SMILES string of the molecule is N=C(N)c1cccc(NC2CC(C(=O)Nc3ccc(-c4ccccc4S(N)(=O)=O)cc3)CCS2(=O)=O)c1.O=C(O)C(F)(F)F. The van der Waals surface area contributed by atoms with Crippen LogP contribution in [0.2, 0.25) is 0 Å². The van der Waals surface area contributed by atoms with Crippen molar-refractivity contribution in [2.75, 3.05) is 16.4 Å². The first kappa shape index (κ1) is 34.0. The molecule has 3 aromatic carbocycles. The average molecular weight is 656 g/mol. The Kier molecular flexibility index (Phi) is 10.4. The molecular formula is C27H28F3N5O7S2. The zero-order valence-electron chi connectivity index (χ0n) is 22.7. The van der Waals surface area contributed by atoms with Crippen molar-refractivity contribution in [3.05, 3.63) is 78.4 Å². The van der Waals surface area contributed by atoms with Crippen LogP contribution in [0.5, 0.6) is 0 Å². The topological polar surface area (TPSA) is 223 Å². The van der Waals surface area contributed by atoms with Crippen molar-refractivity contribution in [3.8, 4) is 11.1 Å². The molecule has 8 N–H and O–H groups in total. The molecule has 1 heterocycles. The minimum atomic E-state index is -5.08. The lowest BCUT2D eigenvalue weighted by molar-refractivity contribution is -0.192. The number of anilines is 2. The molecule has 0 spiro atoms. The van der Waals surface area contributed by atoms with Gasteiger partial charge in [0.25, 0.3) is 0 Å². The molecule has 2 atom stereocenters. The predicted octanol–water partition coefficient (Wildman–Crippen LogP) is 3.12. The van der Waals surface area contributed by atoms with Gasteiger partial charge in [-0.3, -0.25) is 10.2 Å². The number of sulfonamides is 1. The van der Waals surface area contributed by atoms with Crippen LogP contribution in [0.4, 0.5) is 24.5 Å². The molecule has 0 bridgehead atoms. The number of amidine groups is 1. The molecule has 3 aromatic rings. The number of carbonyl (C=O) groups excluding carboxylic acids is 1. The molecule has 1 amide bonds. The number of amides is 1. The Morgan fingerprint density at radius 2 is 1.59 bits per heavy atom. The Morgan fingerprint density at radius 1 is 0.977 bits per heavy atom. The fourth-order valence-electron chi connectivity index (χ4n) is 4.25. The van der Waals surface area contributed by atoms with E-state index in [-0.39, 0.29) is 35.2 Å². The summed E-state index contributed by atoms with van der Waals surface area (Å²) in [6.45, 7) is 0. The van der Waals surface area contributed by atoms with Gasteiger partial charge in [-0.25, -0.2) is 26.8 Å². The molecule has 1 fully saturated rings. The van der Waals surface area contributed by atoms with E-state index >= 15 is 0 Å². The maximum absolute atomic E-state index is 13.0. The van der Waals surface area contributed by atoms with Crippen LogP contribution in [0.1, 0.15) is 18.4 Å². The second-order valence-electron chi connectivity index (χ2n) is 9.63. The number of hydrogen-bond donors (Lipinski definition) is 6. The fourth-order valence-corrected chi connectivity index (χ4v) is 6.75. The summed E-state index contributed by atoms with van der Waals surface area (Å²) in [7, 11) is -7.39. The molecule has 0 radical (unpaired) electrons. The van der Waals surface area contributed by atoms with Crippen molar-refractivity contribution in [3.63, 3.8) is 0 Å². The fraction of sp³-hybridized carbons (Fsp3) is 0.222. The van der Waals surface area contributed by atoms with E-state index < -0.39 is 43.3 Å². The number of carbonyl (C=O) groups is 2. The summed E-state index contributed by atoms with van der Waals surface area (Å²) < 4.78 is 80.9. The number of primary sulfonamides is 1. The molecule has 12 nitrogen and oxygen atoms in total. The van der Waals surface area contributed by atoms with Crippen molar-refractivity contribution >= 4 is 48.9 Å². The first-order valence-corrected chi connectivity index (χ1v) is 15.9. The molecule has 0 aliphatic carbocycles. The van der Waals surface area contributed by atoms with Crippen LogP contribution in [0.15, 0.2) is 77.7 Å². The summed E-state index contributed by atoms with van der Waals surface area (Å²) in [4.78, 5) is 21.9. The van der Waals surface area contributed by atoms with Crippen LogP contribution in [0, 0.1) is 11.3 Å². The first-order valence-electron chi connectivity index (χ1n) is 12.6. The summed E-state index contributed by atoms with van der Waals surface area (Å²) in [6.07, 6.45) is -4.81. The summed E-state index contributed by atoms with van der Waals surface area (Å²) in [5.41, 5.74) is 8.04. The van der Waals surface area contributed by atoms with Gasteiger partial charge in [0.2, 0.25) is 15.9 Å². The van der Waals surface area contributed by atoms with Gasteiger partial charge < -0.3 is 21.5 Å².